The van der Waals surface area contributed by atoms with Gasteiger partial charge in [0.25, 0.3) is 0 Å². The van der Waals surface area contributed by atoms with Crippen LogP contribution in [0, 0.1) is 0 Å². The number of fused-ring (bicyclic) bond motifs is 1. The van der Waals surface area contributed by atoms with Crippen molar-refractivity contribution in [1.29, 1.82) is 0 Å². The molecule has 0 atom stereocenters. The van der Waals surface area contributed by atoms with Crippen LogP contribution in [-0.4, -0.2) is 32.1 Å². The van der Waals surface area contributed by atoms with E-state index in [1.54, 1.807) is 12.1 Å². The number of hydrogen-bond acceptors (Lipinski definition) is 4. The number of aromatic hydroxyl groups is 1. The van der Waals surface area contributed by atoms with Crippen LogP contribution in [0.25, 0.3) is 10.8 Å². The molecule has 0 amide bonds. The highest BCUT2D eigenvalue weighted by atomic mass is 32.2. The van der Waals surface area contributed by atoms with Crippen LogP contribution in [0.4, 0.5) is 0 Å². The summed E-state index contributed by atoms with van der Waals surface area (Å²) in [5, 5.41) is 11.3. The van der Waals surface area contributed by atoms with Gasteiger partial charge in [-0.3, -0.25) is 0 Å². The van der Waals surface area contributed by atoms with Crippen LogP contribution in [0.2, 0.25) is 0 Å². The molecule has 0 aromatic heterocycles. The first kappa shape index (κ1) is 13.7. The monoisotopic (exact) mass is 280 g/mol. The second-order valence-corrected chi connectivity index (χ2v) is 6.78. The quantitative estimate of drug-likeness (QED) is 0.854. The van der Waals surface area contributed by atoms with Crippen molar-refractivity contribution in [2.24, 2.45) is 0 Å². The Morgan fingerprint density at radius 2 is 1.84 bits per heavy atom. The summed E-state index contributed by atoms with van der Waals surface area (Å²) in [4.78, 5) is 0. The second-order valence-electron chi connectivity index (χ2n) is 4.53. The van der Waals surface area contributed by atoms with E-state index in [9.17, 15) is 13.5 Å². The minimum absolute atomic E-state index is 0.126. The first-order valence-electron chi connectivity index (χ1n) is 5.97. The molecule has 0 radical (unpaired) electrons. The highest BCUT2D eigenvalue weighted by Crippen LogP contribution is 2.24. The van der Waals surface area contributed by atoms with Gasteiger partial charge in [0.2, 0.25) is 0 Å². The first-order chi connectivity index (χ1) is 8.94. The zero-order chi connectivity index (χ0) is 13.9. The molecule has 0 spiro atoms. The van der Waals surface area contributed by atoms with Gasteiger partial charge < -0.3 is 9.84 Å². The van der Waals surface area contributed by atoms with Gasteiger partial charge in [0.15, 0.2) is 0 Å². The van der Waals surface area contributed by atoms with E-state index in [1.807, 2.05) is 24.3 Å². The molecular weight excluding hydrogens is 264 g/mol. The molecule has 19 heavy (non-hydrogen) atoms. The van der Waals surface area contributed by atoms with Gasteiger partial charge in [0, 0.05) is 6.26 Å². The molecule has 4 nitrogen and oxygen atoms in total. The molecule has 0 aliphatic heterocycles. The van der Waals surface area contributed by atoms with Crippen molar-refractivity contribution in [2.75, 3.05) is 18.6 Å². The van der Waals surface area contributed by atoms with Crippen molar-refractivity contribution in [3.63, 3.8) is 0 Å². The third-order valence-electron chi connectivity index (χ3n) is 2.72. The maximum Gasteiger partial charge on any atom is 0.147 e. The van der Waals surface area contributed by atoms with Crippen molar-refractivity contribution in [1.82, 2.24) is 0 Å². The number of ether oxygens (including phenoxy) is 1. The topological polar surface area (TPSA) is 63.6 Å². The Balaban J connectivity index is 2.01. The summed E-state index contributed by atoms with van der Waals surface area (Å²) in [6.07, 6.45) is 1.68. The third kappa shape index (κ3) is 4.13. The molecule has 0 saturated heterocycles. The van der Waals surface area contributed by atoms with Crippen LogP contribution in [0.15, 0.2) is 36.4 Å². The SMILES string of the molecule is CS(=O)(=O)CCCOc1ccc2ccc(O)cc2c1. The molecule has 0 bridgehead atoms. The third-order valence-corrected chi connectivity index (χ3v) is 3.75. The van der Waals surface area contributed by atoms with Crippen molar-refractivity contribution in [3.05, 3.63) is 36.4 Å². The molecule has 2 rings (SSSR count). The van der Waals surface area contributed by atoms with Crippen molar-refractivity contribution < 1.29 is 18.3 Å². The Bertz CT molecular complexity index is 677. The zero-order valence-corrected chi connectivity index (χ0v) is 11.5. The standard InChI is InChI=1S/C14H16O4S/c1-19(16,17)8-2-7-18-14-6-4-11-3-5-13(15)9-12(11)10-14/h3-6,9-10,15H,2,7-8H2,1H3. The molecule has 102 valence electrons. The van der Waals surface area contributed by atoms with Gasteiger partial charge in [-0.15, -0.1) is 0 Å². The van der Waals surface area contributed by atoms with Crippen LogP contribution in [0.3, 0.4) is 0 Å². The van der Waals surface area contributed by atoms with Crippen LogP contribution >= 0.6 is 0 Å². The van der Waals surface area contributed by atoms with E-state index in [0.29, 0.717) is 18.8 Å². The summed E-state index contributed by atoms with van der Waals surface area (Å²) in [6.45, 7) is 0.359. The molecule has 0 aliphatic carbocycles. The van der Waals surface area contributed by atoms with Crippen LogP contribution < -0.4 is 4.74 Å². The summed E-state index contributed by atoms with van der Waals surface area (Å²) >= 11 is 0. The predicted octanol–water partition coefficient (Wildman–Crippen LogP) is 2.36. The molecule has 0 saturated carbocycles. The Morgan fingerprint density at radius 3 is 2.58 bits per heavy atom. The van der Waals surface area contributed by atoms with Gasteiger partial charge in [-0.1, -0.05) is 12.1 Å². The lowest BCUT2D eigenvalue weighted by molar-refractivity contribution is 0.318. The largest absolute Gasteiger partial charge is 0.508 e. The minimum atomic E-state index is -2.93. The minimum Gasteiger partial charge on any atom is -0.508 e. The van der Waals surface area contributed by atoms with E-state index in [-0.39, 0.29) is 11.5 Å². The highest BCUT2D eigenvalue weighted by molar-refractivity contribution is 7.90. The second kappa shape index (κ2) is 5.48. The lowest BCUT2D eigenvalue weighted by Crippen LogP contribution is -2.07. The lowest BCUT2D eigenvalue weighted by atomic mass is 10.1. The van der Waals surface area contributed by atoms with Gasteiger partial charge in [0.05, 0.1) is 12.4 Å². The lowest BCUT2D eigenvalue weighted by Gasteiger charge is -2.07. The molecule has 1 N–H and O–H groups in total. The predicted molar refractivity (Wildman–Crippen MR) is 75.4 cm³/mol. The number of hydrogen-bond donors (Lipinski definition) is 1. The molecule has 0 fully saturated rings. The van der Waals surface area contributed by atoms with E-state index in [0.717, 1.165) is 10.8 Å². The fourth-order valence-electron chi connectivity index (χ4n) is 1.81. The number of sulfone groups is 1. The van der Waals surface area contributed by atoms with E-state index in [4.69, 9.17) is 4.74 Å². The summed E-state index contributed by atoms with van der Waals surface area (Å²) < 4.78 is 27.4. The molecule has 2 aromatic carbocycles. The number of benzene rings is 2. The summed E-state index contributed by atoms with van der Waals surface area (Å²) in [5.41, 5.74) is 0. The fraction of sp³-hybridized carbons (Fsp3) is 0.286. The molecule has 2 aromatic rings. The van der Waals surface area contributed by atoms with Gasteiger partial charge in [0.1, 0.15) is 21.3 Å². The van der Waals surface area contributed by atoms with Crippen molar-refractivity contribution in [3.8, 4) is 11.5 Å². The smallest absolute Gasteiger partial charge is 0.147 e. The van der Waals surface area contributed by atoms with Crippen LogP contribution in [-0.2, 0) is 9.84 Å². The normalized spacial score (nSPS) is 11.6. The van der Waals surface area contributed by atoms with Crippen molar-refractivity contribution in [2.45, 2.75) is 6.42 Å². The zero-order valence-electron chi connectivity index (χ0n) is 10.7. The number of phenolic OH excluding ortho intramolecular Hbond substituents is 1. The maximum atomic E-state index is 11.0. The molecule has 0 unspecified atom stereocenters. The first-order valence-corrected chi connectivity index (χ1v) is 8.03. The molecular formula is C14H16O4S. The van der Waals surface area contributed by atoms with E-state index in [1.165, 1.54) is 6.26 Å². The molecule has 5 heteroatoms. The van der Waals surface area contributed by atoms with Gasteiger partial charge >= 0.3 is 0 Å². The van der Waals surface area contributed by atoms with Gasteiger partial charge in [-0.25, -0.2) is 8.42 Å². The summed E-state index contributed by atoms with van der Waals surface area (Å²) in [5.74, 6) is 1.01. The maximum absolute atomic E-state index is 11.0. The Hall–Kier alpha value is -1.75. The Morgan fingerprint density at radius 1 is 1.11 bits per heavy atom. The average molecular weight is 280 g/mol. The Kier molecular flexibility index (Phi) is 3.95. The summed E-state index contributed by atoms with van der Waals surface area (Å²) in [6, 6.07) is 10.7. The van der Waals surface area contributed by atoms with Crippen LogP contribution in [0.1, 0.15) is 6.42 Å². The fourth-order valence-corrected chi connectivity index (χ4v) is 2.46. The molecule has 0 aliphatic rings. The van der Waals surface area contributed by atoms with E-state index < -0.39 is 9.84 Å². The van der Waals surface area contributed by atoms with E-state index >= 15 is 0 Å². The van der Waals surface area contributed by atoms with Crippen molar-refractivity contribution >= 4 is 20.6 Å². The van der Waals surface area contributed by atoms with E-state index in [2.05, 4.69) is 0 Å². The number of phenols is 1. The van der Waals surface area contributed by atoms with Crippen LogP contribution in [0.5, 0.6) is 11.5 Å². The van der Waals surface area contributed by atoms with Gasteiger partial charge in [-0.05, 0) is 41.5 Å². The Labute approximate surface area is 112 Å². The molecule has 0 heterocycles. The summed E-state index contributed by atoms with van der Waals surface area (Å²) in [7, 11) is -2.93. The van der Waals surface area contributed by atoms with Gasteiger partial charge in [-0.2, -0.15) is 0 Å². The highest BCUT2D eigenvalue weighted by Gasteiger charge is 2.03. The number of rotatable bonds is 5. The average Bonchev–Trinajstić information content (AvgIpc) is 2.33.